The van der Waals surface area contributed by atoms with E-state index in [1.165, 1.54) is 37.8 Å². The Bertz CT molecular complexity index is 3150. The Hall–Kier alpha value is -6.69. The predicted molar refractivity (Wildman–Crippen MR) is 226 cm³/mol. The number of benzene rings is 8. The number of para-hydroxylation sites is 1. The van der Waals surface area contributed by atoms with Gasteiger partial charge in [0, 0.05) is 33.0 Å². The molecule has 10 aromatic rings. The van der Waals surface area contributed by atoms with E-state index in [1.807, 2.05) is 6.07 Å². The molecule has 0 amide bonds. The van der Waals surface area contributed by atoms with E-state index in [1.54, 1.807) is 0 Å². The second-order valence-electron chi connectivity index (χ2n) is 14.8. The van der Waals surface area contributed by atoms with Gasteiger partial charge in [-0.05, 0) is 66.8 Å². The molecule has 1 aliphatic heterocycles. The van der Waals surface area contributed by atoms with E-state index in [2.05, 4.69) is 171 Å². The molecule has 1 aliphatic rings. The maximum absolute atomic E-state index is 6.85. The lowest BCUT2D eigenvalue weighted by molar-refractivity contribution is 0.670. The van der Waals surface area contributed by atoms with Gasteiger partial charge in [0.05, 0.1) is 0 Å². The van der Waals surface area contributed by atoms with Crippen molar-refractivity contribution in [3.63, 3.8) is 0 Å². The van der Waals surface area contributed by atoms with Crippen molar-refractivity contribution in [1.82, 2.24) is 15.0 Å². The van der Waals surface area contributed by atoms with Crippen LogP contribution in [0.5, 0.6) is 0 Å². The third-order valence-electron chi connectivity index (χ3n) is 11.3. The lowest BCUT2D eigenvalue weighted by Crippen LogP contribution is -2.49. The zero-order valence-corrected chi connectivity index (χ0v) is 30.8. The molecule has 8 aromatic carbocycles. The summed E-state index contributed by atoms with van der Waals surface area (Å²) in [4.78, 5) is 16.0. The first kappa shape index (κ1) is 30.9. The third kappa shape index (κ3) is 4.58. The molecule has 5 heteroatoms. The van der Waals surface area contributed by atoms with Gasteiger partial charge in [-0.2, -0.15) is 0 Å². The zero-order valence-electron chi connectivity index (χ0n) is 29.8. The van der Waals surface area contributed by atoms with Gasteiger partial charge in [-0.25, -0.2) is 15.0 Å². The highest BCUT2D eigenvalue weighted by molar-refractivity contribution is 7.04. The van der Waals surface area contributed by atoms with Crippen molar-refractivity contribution in [3.05, 3.63) is 164 Å². The van der Waals surface area contributed by atoms with Crippen molar-refractivity contribution in [1.29, 1.82) is 0 Å². The van der Waals surface area contributed by atoms with E-state index in [-0.39, 0.29) is 0 Å². The summed E-state index contributed by atoms with van der Waals surface area (Å²) in [5, 5.41) is 9.53. The summed E-state index contributed by atoms with van der Waals surface area (Å²) in [5.41, 5.74) is 9.42. The summed E-state index contributed by atoms with van der Waals surface area (Å²) >= 11 is 0. The van der Waals surface area contributed by atoms with Gasteiger partial charge in [-0.15, -0.1) is 0 Å². The van der Waals surface area contributed by atoms with Gasteiger partial charge >= 0.3 is 0 Å². The monoisotopic (exact) mass is 707 g/mol. The first-order valence-electron chi connectivity index (χ1n) is 18.4. The average Bonchev–Trinajstić information content (AvgIpc) is 3.72. The van der Waals surface area contributed by atoms with Gasteiger partial charge in [0.2, 0.25) is 0 Å². The average molecular weight is 708 g/mol. The highest BCUT2D eigenvalue weighted by atomic mass is 28.3. The highest BCUT2D eigenvalue weighted by Crippen LogP contribution is 2.44. The smallest absolute Gasteiger partial charge is 0.164 e. The maximum atomic E-state index is 6.85. The summed E-state index contributed by atoms with van der Waals surface area (Å²) < 4.78 is 6.85. The molecule has 3 heterocycles. The predicted octanol–water partition coefficient (Wildman–Crippen LogP) is 11.5. The highest BCUT2D eigenvalue weighted by Gasteiger charge is 2.40. The van der Waals surface area contributed by atoms with Crippen LogP contribution in [0.4, 0.5) is 0 Å². The molecule has 0 unspecified atom stereocenters. The number of nitrogens with zero attached hydrogens (tertiary/aromatic N) is 3. The van der Waals surface area contributed by atoms with Crippen LogP contribution in [0.1, 0.15) is 0 Å². The van der Waals surface area contributed by atoms with Crippen molar-refractivity contribution in [2.24, 2.45) is 0 Å². The molecule has 0 bridgehead atoms. The number of hydrogen-bond donors (Lipinski definition) is 0. The van der Waals surface area contributed by atoms with Gasteiger partial charge in [0.1, 0.15) is 19.2 Å². The lowest BCUT2D eigenvalue weighted by atomic mass is 9.96. The second-order valence-corrected chi connectivity index (χ2v) is 19.1. The molecule has 0 saturated heterocycles. The van der Waals surface area contributed by atoms with Crippen LogP contribution in [0, 0.1) is 0 Å². The molecule has 0 spiro atoms. The van der Waals surface area contributed by atoms with Gasteiger partial charge in [-0.1, -0.05) is 159 Å². The summed E-state index contributed by atoms with van der Waals surface area (Å²) in [6, 6.07) is 58.0. The minimum Gasteiger partial charge on any atom is -0.455 e. The maximum Gasteiger partial charge on any atom is 0.164 e. The van der Waals surface area contributed by atoms with Crippen LogP contribution in [0.2, 0.25) is 13.1 Å². The normalized spacial score (nSPS) is 13.1. The topological polar surface area (TPSA) is 51.8 Å². The molecule has 0 aliphatic carbocycles. The van der Waals surface area contributed by atoms with Crippen LogP contribution in [-0.4, -0.2) is 23.0 Å². The standard InChI is InChI=1S/C49H33N3OSi/c1-54(2)42-27-10-8-23-39(42)45-43(54)29-40(44-38-22-7-9-26-41(38)53-46(44)45)49-51-47(50-48(52-49)37-25-13-17-31-15-4-6-21-35(31)37)33-19-11-18-32(28-33)36-24-12-16-30-14-3-5-20-34(30)36/h3-29H,1-2H3. The molecule has 4 nitrogen and oxygen atoms in total. The Labute approximate surface area is 313 Å². The van der Waals surface area contributed by atoms with Crippen LogP contribution in [0.25, 0.3) is 99.9 Å². The van der Waals surface area contributed by atoms with E-state index in [0.717, 1.165) is 55.0 Å². The number of hydrogen-bond acceptors (Lipinski definition) is 4. The van der Waals surface area contributed by atoms with Gasteiger partial charge in [0.15, 0.2) is 17.5 Å². The fourth-order valence-corrected chi connectivity index (χ4v) is 11.8. The summed E-state index contributed by atoms with van der Waals surface area (Å²) in [5.74, 6) is 1.91. The van der Waals surface area contributed by atoms with Crippen molar-refractivity contribution in [3.8, 4) is 56.4 Å². The Balaban J connectivity index is 1.21. The van der Waals surface area contributed by atoms with Gasteiger partial charge in [0.25, 0.3) is 0 Å². The summed E-state index contributed by atoms with van der Waals surface area (Å²) in [7, 11) is -2.10. The van der Waals surface area contributed by atoms with Gasteiger partial charge < -0.3 is 4.42 Å². The number of rotatable bonds is 4. The second kappa shape index (κ2) is 11.7. The van der Waals surface area contributed by atoms with E-state index in [4.69, 9.17) is 19.4 Å². The fraction of sp³-hybridized carbons (Fsp3) is 0.0408. The van der Waals surface area contributed by atoms with Crippen LogP contribution < -0.4 is 10.4 Å². The van der Waals surface area contributed by atoms with E-state index in [9.17, 15) is 0 Å². The molecule has 0 radical (unpaired) electrons. The minimum atomic E-state index is -2.10. The molecule has 0 fully saturated rings. The Morgan fingerprint density at radius 2 is 0.981 bits per heavy atom. The number of fused-ring (bicyclic) bond motifs is 9. The SMILES string of the molecule is C[Si]1(C)c2ccccc2-c2c1cc(-c1nc(-c3cccc(-c4cccc5ccccc45)c3)nc(-c3cccc4ccccc34)n1)c1c2oc2ccccc21. The first-order chi connectivity index (χ1) is 26.5. The molecular weight excluding hydrogens is 675 g/mol. The van der Waals surface area contributed by atoms with E-state index >= 15 is 0 Å². The molecule has 0 N–H and O–H groups in total. The van der Waals surface area contributed by atoms with Gasteiger partial charge in [-0.3, -0.25) is 0 Å². The lowest BCUT2D eigenvalue weighted by Gasteiger charge is -2.19. The van der Waals surface area contributed by atoms with Crippen LogP contribution >= 0.6 is 0 Å². The summed E-state index contributed by atoms with van der Waals surface area (Å²) in [6.07, 6.45) is 0. The molecule has 0 atom stereocenters. The quantitative estimate of drug-likeness (QED) is 0.171. The van der Waals surface area contributed by atoms with E-state index in [0.29, 0.717) is 17.5 Å². The minimum absolute atomic E-state index is 0.631. The van der Waals surface area contributed by atoms with Crippen molar-refractivity contribution >= 4 is 61.9 Å². The third-order valence-corrected chi connectivity index (χ3v) is 14.8. The van der Waals surface area contributed by atoms with E-state index < -0.39 is 8.07 Å². The van der Waals surface area contributed by atoms with Crippen LogP contribution in [0.3, 0.4) is 0 Å². The molecule has 0 saturated carbocycles. The zero-order chi connectivity index (χ0) is 36.0. The Morgan fingerprint density at radius 1 is 0.426 bits per heavy atom. The van der Waals surface area contributed by atoms with Crippen molar-refractivity contribution in [2.75, 3.05) is 0 Å². The Kier molecular flexibility index (Phi) is 6.67. The van der Waals surface area contributed by atoms with Crippen molar-refractivity contribution in [2.45, 2.75) is 13.1 Å². The molecule has 254 valence electrons. The molecule has 54 heavy (non-hydrogen) atoms. The summed E-state index contributed by atoms with van der Waals surface area (Å²) in [6.45, 7) is 4.88. The first-order valence-corrected chi connectivity index (χ1v) is 21.4. The number of furan rings is 1. The molecule has 2 aromatic heterocycles. The molecular formula is C49H33N3OSi. The fourth-order valence-electron chi connectivity index (χ4n) is 8.70. The Morgan fingerprint density at radius 3 is 1.78 bits per heavy atom. The largest absolute Gasteiger partial charge is 0.455 e. The van der Waals surface area contributed by atoms with Crippen LogP contribution in [0.15, 0.2) is 168 Å². The van der Waals surface area contributed by atoms with Crippen LogP contribution in [-0.2, 0) is 0 Å². The molecule has 11 rings (SSSR count). The van der Waals surface area contributed by atoms with Crippen molar-refractivity contribution < 1.29 is 4.42 Å². The number of aromatic nitrogens is 3.